The van der Waals surface area contributed by atoms with Gasteiger partial charge in [-0.05, 0) is 42.2 Å². The molecule has 1 heterocycles. The molecule has 152 valence electrons. The molecule has 0 amide bonds. The molecule has 0 spiro atoms. The number of methoxy groups -OCH3 is 1. The van der Waals surface area contributed by atoms with Gasteiger partial charge in [-0.1, -0.05) is 36.4 Å². The van der Waals surface area contributed by atoms with Crippen LogP contribution >= 0.6 is 24.0 Å². The number of nitrogens with one attached hydrogen (secondary N) is 2. The SMILES string of the molecule is CN=C(NCc1ccc(OC)cc1)NCC(C)N1CCc2ccccc2C1.I. The lowest BCUT2D eigenvalue weighted by Gasteiger charge is -2.34. The van der Waals surface area contributed by atoms with Crippen molar-refractivity contribution in [2.45, 2.75) is 32.5 Å². The molecule has 0 aromatic heterocycles. The molecule has 0 bridgehead atoms. The van der Waals surface area contributed by atoms with Gasteiger partial charge >= 0.3 is 0 Å². The summed E-state index contributed by atoms with van der Waals surface area (Å²) in [5.41, 5.74) is 4.14. The van der Waals surface area contributed by atoms with Gasteiger partial charge in [0.15, 0.2) is 5.96 Å². The van der Waals surface area contributed by atoms with Crippen LogP contribution in [0.2, 0.25) is 0 Å². The van der Waals surface area contributed by atoms with Crippen LogP contribution in [-0.4, -0.2) is 44.1 Å². The van der Waals surface area contributed by atoms with Crippen LogP contribution in [0.5, 0.6) is 5.75 Å². The Morgan fingerprint density at radius 3 is 2.50 bits per heavy atom. The summed E-state index contributed by atoms with van der Waals surface area (Å²) in [6.07, 6.45) is 1.13. The predicted molar refractivity (Wildman–Crippen MR) is 127 cm³/mol. The number of guanidine groups is 1. The van der Waals surface area contributed by atoms with Crippen molar-refractivity contribution in [1.29, 1.82) is 0 Å². The predicted octanol–water partition coefficient (Wildman–Crippen LogP) is 3.43. The van der Waals surface area contributed by atoms with E-state index in [0.29, 0.717) is 6.04 Å². The second-order valence-electron chi connectivity index (χ2n) is 6.99. The maximum absolute atomic E-state index is 5.20. The largest absolute Gasteiger partial charge is 0.497 e. The van der Waals surface area contributed by atoms with Crippen molar-refractivity contribution in [3.8, 4) is 5.75 Å². The minimum atomic E-state index is 0. The first-order valence-corrected chi connectivity index (χ1v) is 9.58. The first kappa shape index (κ1) is 22.5. The van der Waals surface area contributed by atoms with Crippen LogP contribution < -0.4 is 15.4 Å². The highest BCUT2D eigenvalue weighted by Gasteiger charge is 2.20. The number of rotatable bonds is 6. The molecule has 1 aliphatic rings. The summed E-state index contributed by atoms with van der Waals surface area (Å²) in [7, 11) is 3.49. The molecule has 6 heteroatoms. The maximum Gasteiger partial charge on any atom is 0.191 e. The van der Waals surface area contributed by atoms with Crippen molar-refractivity contribution in [2.75, 3.05) is 27.2 Å². The maximum atomic E-state index is 5.20. The molecule has 1 atom stereocenters. The molecule has 0 saturated carbocycles. The van der Waals surface area contributed by atoms with Gasteiger partial charge < -0.3 is 15.4 Å². The normalized spacial score (nSPS) is 15.2. The lowest BCUT2D eigenvalue weighted by atomic mass is 9.99. The summed E-state index contributed by atoms with van der Waals surface area (Å²) >= 11 is 0. The third-order valence-electron chi connectivity index (χ3n) is 5.19. The lowest BCUT2D eigenvalue weighted by molar-refractivity contribution is 0.191. The summed E-state index contributed by atoms with van der Waals surface area (Å²) in [5, 5.41) is 6.83. The Morgan fingerprint density at radius 1 is 1.11 bits per heavy atom. The van der Waals surface area contributed by atoms with Gasteiger partial charge in [-0.15, -0.1) is 24.0 Å². The zero-order chi connectivity index (χ0) is 19.1. The Balaban J connectivity index is 0.00000280. The van der Waals surface area contributed by atoms with E-state index in [-0.39, 0.29) is 24.0 Å². The molecule has 2 aromatic carbocycles. The number of aliphatic imine (C=N–C) groups is 1. The number of hydrogen-bond donors (Lipinski definition) is 2. The fourth-order valence-electron chi connectivity index (χ4n) is 3.42. The number of benzene rings is 2. The van der Waals surface area contributed by atoms with Crippen LogP contribution in [0.25, 0.3) is 0 Å². The van der Waals surface area contributed by atoms with Crippen molar-refractivity contribution in [3.05, 3.63) is 65.2 Å². The third kappa shape index (κ3) is 6.10. The molecule has 0 saturated heterocycles. The summed E-state index contributed by atoms with van der Waals surface area (Å²) < 4.78 is 5.20. The average Bonchev–Trinajstić information content (AvgIpc) is 2.73. The van der Waals surface area contributed by atoms with E-state index in [1.54, 1.807) is 7.11 Å². The molecular weight excluding hydrogens is 463 g/mol. The first-order valence-electron chi connectivity index (χ1n) is 9.58. The van der Waals surface area contributed by atoms with Crippen LogP contribution in [0.15, 0.2) is 53.5 Å². The zero-order valence-corrected chi connectivity index (χ0v) is 19.3. The Bertz CT molecular complexity index is 763. The van der Waals surface area contributed by atoms with Gasteiger partial charge in [0.1, 0.15) is 5.75 Å². The Morgan fingerprint density at radius 2 is 1.82 bits per heavy atom. The molecular formula is C22H31IN4O. The minimum Gasteiger partial charge on any atom is -0.497 e. The van der Waals surface area contributed by atoms with Crippen LogP contribution in [-0.2, 0) is 19.5 Å². The van der Waals surface area contributed by atoms with Gasteiger partial charge in [0, 0.05) is 39.3 Å². The number of nitrogens with zero attached hydrogens (tertiary/aromatic N) is 2. The average molecular weight is 494 g/mol. The fraction of sp³-hybridized carbons (Fsp3) is 0.409. The fourth-order valence-corrected chi connectivity index (χ4v) is 3.42. The highest BCUT2D eigenvalue weighted by atomic mass is 127. The summed E-state index contributed by atoms with van der Waals surface area (Å²) in [6.45, 7) is 6.01. The van der Waals surface area contributed by atoms with Crippen molar-refractivity contribution in [1.82, 2.24) is 15.5 Å². The van der Waals surface area contributed by atoms with E-state index in [2.05, 4.69) is 63.8 Å². The van der Waals surface area contributed by atoms with Crippen molar-refractivity contribution < 1.29 is 4.74 Å². The van der Waals surface area contributed by atoms with Gasteiger partial charge in [-0.3, -0.25) is 9.89 Å². The molecule has 2 N–H and O–H groups in total. The molecule has 5 nitrogen and oxygen atoms in total. The molecule has 28 heavy (non-hydrogen) atoms. The molecule has 1 unspecified atom stereocenters. The minimum absolute atomic E-state index is 0. The second kappa shape index (κ2) is 11.3. The van der Waals surface area contributed by atoms with E-state index in [1.807, 2.05) is 19.2 Å². The van der Waals surface area contributed by atoms with Crippen molar-refractivity contribution in [3.63, 3.8) is 0 Å². The monoisotopic (exact) mass is 494 g/mol. The van der Waals surface area contributed by atoms with Gasteiger partial charge in [0.25, 0.3) is 0 Å². The van der Waals surface area contributed by atoms with Crippen LogP contribution in [0.1, 0.15) is 23.6 Å². The first-order chi connectivity index (χ1) is 13.2. The topological polar surface area (TPSA) is 48.9 Å². The highest BCUT2D eigenvalue weighted by Crippen LogP contribution is 2.19. The van der Waals surface area contributed by atoms with E-state index in [9.17, 15) is 0 Å². The Kier molecular flexibility index (Phi) is 9.05. The molecule has 0 aliphatic carbocycles. The van der Waals surface area contributed by atoms with Crippen LogP contribution in [0.4, 0.5) is 0 Å². The molecule has 3 rings (SSSR count). The Labute approximate surface area is 185 Å². The van der Waals surface area contributed by atoms with E-state index in [4.69, 9.17) is 4.74 Å². The van der Waals surface area contributed by atoms with Gasteiger partial charge in [-0.25, -0.2) is 0 Å². The number of fused-ring (bicyclic) bond motifs is 1. The second-order valence-corrected chi connectivity index (χ2v) is 6.99. The quantitative estimate of drug-likeness (QED) is 0.367. The lowest BCUT2D eigenvalue weighted by Crippen LogP contribution is -2.47. The van der Waals surface area contributed by atoms with Gasteiger partial charge in [0.2, 0.25) is 0 Å². The summed E-state index contributed by atoms with van der Waals surface area (Å²) in [4.78, 5) is 6.87. The van der Waals surface area contributed by atoms with Crippen LogP contribution in [0, 0.1) is 0 Å². The van der Waals surface area contributed by atoms with E-state index < -0.39 is 0 Å². The smallest absolute Gasteiger partial charge is 0.191 e. The number of ether oxygens (including phenoxy) is 1. The van der Waals surface area contributed by atoms with E-state index >= 15 is 0 Å². The molecule has 0 radical (unpaired) electrons. The van der Waals surface area contributed by atoms with Crippen molar-refractivity contribution in [2.24, 2.45) is 4.99 Å². The zero-order valence-electron chi connectivity index (χ0n) is 16.9. The molecule has 1 aliphatic heterocycles. The standard InChI is InChI=1S/C22H30N4O.HI/c1-17(26-13-12-19-6-4-5-7-20(19)16-26)14-24-22(23-2)25-15-18-8-10-21(27-3)11-9-18;/h4-11,17H,12-16H2,1-3H3,(H2,23,24,25);1H. The molecule has 2 aromatic rings. The third-order valence-corrected chi connectivity index (χ3v) is 5.19. The number of hydrogen-bond acceptors (Lipinski definition) is 3. The summed E-state index contributed by atoms with van der Waals surface area (Å²) in [6, 6.07) is 17.3. The van der Waals surface area contributed by atoms with E-state index in [1.165, 1.54) is 16.7 Å². The highest BCUT2D eigenvalue weighted by molar-refractivity contribution is 14.0. The number of halogens is 1. The van der Waals surface area contributed by atoms with E-state index in [0.717, 1.165) is 44.3 Å². The summed E-state index contributed by atoms with van der Waals surface area (Å²) in [5.74, 6) is 1.70. The Hall–Kier alpha value is -1.80. The van der Waals surface area contributed by atoms with Gasteiger partial charge in [-0.2, -0.15) is 0 Å². The molecule has 0 fully saturated rings. The van der Waals surface area contributed by atoms with Gasteiger partial charge in [0.05, 0.1) is 7.11 Å². The van der Waals surface area contributed by atoms with Crippen molar-refractivity contribution >= 4 is 29.9 Å². The van der Waals surface area contributed by atoms with Crippen LogP contribution in [0.3, 0.4) is 0 Å².